The summed E-state index contributed by atoms with van der Waals surface area (Å²) in [5, 5.41) is 15.5. The minimum absolute atomic E-state index is 0.0238. The van der Waals surface area contributed by atoms with Gasteiger partial charge in [-0.3, -0.25) is 14.4 Å². The monoisotopic (exact) mass is 939 g/mol. The third kappa shape index (κ3) is 45.6. The highest BCUT2D eigenvalue weighted by Crippen LogP contribution is 2.18. The highest BCUT2D eigenvalue weighted by Gasteiger charge is 2.19. The normalized spacial score (nSPS) is 12.6. The van der Waals surface area contributed by atoms with Crippen LogP contribution < -0.4 is 10.4 Å². The number of nitrogens with one attached hydrogen (secondary N) is 1. The zero-order chi connectivity index (χ0) is 46.8. The SMILES string of the molecule is CCCCCCCCCCCCCCCC(=O)N[C@@H](CSC[C@H](COC(=O)CCCCCCCCCCCCCCC)OC(=O)CCCCCCCCCCCCCCC)C([O-])=N[S-]. The zero-order valence-electron chi connectivity index (χ0n) is 42.2. The topological polar surface area (TPSA) is 117 Å². The van der Waals surface area contributed by atoms with Gasteiger partial charge < -0.3 is 37.1 Å². The van der Waals surface area contributed by atoms with E-state index in [1.165, 1.54) is 204 Å². The summed E-state index contributed by atoms with van der Waals surface area (Å²) in [6.45, 7) is 6.75. The van der Waals surface area contributed by atoms with Gasteiger partial charge in [0.05, 0.1) is 6.04 Å². The Morgan fingerprint density at radius 2 is 0.781 bits per heavy atom. The van der Waals surface area contributed by atoms with Crippen molar-refractivity contribution < 1.29 is 29.0 Å². The Labute approximate surface area is 405 Å². The average molecular weight is 940 g/mol. The van der Waals surface area contributed by atoms with Crippen LogP contribution in [0.3, 0.4) is 0 Å². The smallest absolute Gasteiger partial charge is 0.306 e. The van der Waals surface area contributed by atoms with Crippen LogP contribution in [0.1, 0.15) is 290 Å². The van der Waals surface area contributed by atoms with Gasteiger partial charge in [0.2, 0.25) is 5.91 Å². The zero-order valence-corrected chi connectivity index (χ0v) is 43.8. The van der Waals surface area contributed by atoms with Crippen molar-refractivity contribution in [2.75, 3.05) is 18.1 Å². The predicted molar refractivity (Wildman–Crippen MR) is 276 cm³/mol. The molecule has 0 aliphatic carbocycles. The van der Waals surface area contributed by atoms with Gasteiger partial charge in [-0.25, -0.2) is 0 Å². The highest BCUT2D eigenvalue weighted by atomic mass is 32.2. The van der Waals surface area contributed by atoms with Gasteiger partial charge in [-0.05, 0) is 25.2 Å². The van der Waals surface area contributed by atoms with Crippen molar-refractivity contribution in [1.29, 1.82) is 0 Å². The number of ether oxygens (including phenoxy) is 2. The first-order chi connectivity index (χ1) is 31.4. The summed E-state index contributed by atoms with van der Waals surface area (Å²) < 4.78 is 14.9. The maximum Gasteiger partial charge on any atom is 0.306 e. The first kappa shape index (κ1) is 62.4. The molecule has 378 valence electrons. The first-order valence-electron chi connectivity index (χ1n) is 27.5. The number of nitrogens with zero attached hydrogens (tertiary/aromatic N) is 1. The lowest BCUT2D eigenvalue weighted by atomic mass is 10.0. The van der Waals surface area contributed by atoms with E-state index in [4.69, 9.17) is 22.3 Å². The molecule has 0 rings (SSSR count). The highest BCUT2D eigenvalue weighted by molar-refractivity contribution is 7.99. The van der Waals surface area contributed by atoms with Crippen LogP contribution in [-0.4, -0.2) is 54.0 Å². The minimum Gasteiger partial charge on any atom is -0.862 e. The minimum atomic E-state index is -0.850. The molecule has 0 radical (unpaired) electrons. The van der Waals surface area contributed by atoms with Crippen LogP contribution in [0.5, 0.6) is 0 Å². The van der Waals surface area contributed by atoms with Crippen molar-refractivity contribution in [1.82, 2.24) is 5.32 Å². The molecule has 0 aromatic carbocycles. The van der Waals surface area contributed by atoms with E-state index >= 15 is 0 Å². The van der Waals surface area contributed by atoms with Gasteiger partial charge in [0.25, 0.3) is 0 Å². The molecule has 0 aliphatic rings. The van der Waals surface area contributed by atoms with Crippen LogP contribution in [0.4, 0.5) is 0 Å². The number of amides is 1. The van der Waals surface area contributed by atoms with Crippen molar-refractivity contribution in [3.8, 4) is 0 Å². The van der Waals surface area contributed by atoms with Crippen molar-refractivity contribution in [3.05, 3.63) is 0 Å². The van der Waals surface area contributed by atoms with E-state index in [2.05, 4.69) is 30.5 Å². The molecule has 0 aromatic rings. The summed E-state index contributed by atoms with van der Waals surface area (Å²) in [5.41, 5.74) is 0. The van der Waals surface area contributed by atoms with E-state index in [-0.39, 0.29) is 30.2 Å². The molecular formula is C54H102N2O6S2-2. The van der Waals surface area contributed by atoms with E-state index < -0.39 is 18.0 Å². The maximum atomic E-state index is 13.0. The van der Waals surface area contributed by atoms with Gasteiger partial charge >= 0.3 is 11.9 Å². The van der Waals surface area contributed by atoms with Crippen molar-refractivity contribution in [2.24, 2.45) is 4.40 Å². The molecular weight excluding hydrogens is 837 g/mol. The summed E-state index contributed by atoms with van der Waals surface area (Å²) in [6, 6.07) is -0.850. The van der Waals surface area contributed by atoms with Gasteiger partial charge in [0.1, 0.15) is 12.7 Å². The fourth-order valence-corrected chi connectivity index (χ4v) is 9.47. The molecule has 0 spiro atoms. The molecule has 0 aromatic heterocycles. The number of esters is 2. The number of rotatable bonds is 51. The van der Waals surface area contributed by atoms with Gasteiger partial charge in [-0.2, -0.15) is 11.8 Å². The Hall–Kier alpha value is -1.55. The first-order valence-corrected chi connectivity index (χ1v) is 29.0. The number of hydrogen-bond donors (Lipinski definition) is 1. The number of thioether (sulfide) groups is 1. The Kier molecular flexibility index (Phi) is 49.6. The van der Waals surface area contributed by atoms with E-state index in [0.717, 1.165) is 57.8 Å². The molecule has 0 fully saturated rings. The molecule has 0 heterocycles. The molecule has 8 nitrogen and oxygen atoms in total. The summed E-state index contributed by atoms with van der Waals surface area (Å²) in [5.74, 6) is -0.732. The lowest BCUT2D eigenvalue weighted by Gasteiger charge is -2.27. The number of hydrogen-bond acceptors (Lipinski definition) is 9. The van der Waals surface area contributed by atoms with Crippen molar-refractivity contribution in [2.45, 2.75) is 303 Å². The van der Waals surface area contributed by atoms with Gasteiger partial charge in [-0.1, -0.05) is 252 Å². The van der Waals surface area contributed by atoms with Crippen LogP contribution in [0, 0.1) is 0 Å². The van der Waals surface area contributed by atoms with Gasteiger partial charge in [-0.15, -0.1) is 0 Å². The molecule has 0 aliphatic heterocycles. The number of carbonyl (C=O) groups excluding carboxylic acids is 3. The molecule has 10 heteroatoms. The second-order valence-corrected chi connectivity index (χ2v) is 20.1. The molecule has 0 unspecified atom stereocenters. The Bertz CT molecular complexity index is 1060. The molecule has 1 N–H and O–H groups in total. The molecule has 1 amide bonds. The third-order valence-corrected chi connectivity index (χ3v) is 13.9. The van der Waals surface area contributed by atoms with Crippen LogP contribution in [0.25, 0.3) is 0 Å². The number of unbranched alkanes of at least 4 members (excludes halogenated alkanes) is 36. The molecule has 0 saturated carbocycles. The van der Waals surface area contributed by atoms with Crippen molar-refractivity contribution in [3.63, 3.8) is 0 Å². The second kappa shape index (κ2) is 50.9. The largest absolute Gasteiger partial charge is 0.862 e. The predicted octanol–water partition coefficient (Wildman–Crippen LogP) is 15.3. The standard InChI is InChI=1S/C54H104N2O6S2/c1-4-7-10-13-16-19-22-25-28-31-34-37-40-43-51(57)55-50(54(60)56-63)48-64-47-49(62-53(59)45-42-39-36-33-30-27-24-21-18-15-12-9-6-3)46-61-52(58)44-41-38-35-32-29-26-23-20-17-14-11-8-5-2/h49-50,63H,4-48H2,1-3H3,(H,55,57)(H,56,60)/p-2/t49-,50-/m0/s1. The average Bonchev–Trinajstić information content (AvgIpc) is 3.29. The van der Waals surface area contributed by atoms with Crippen LogP contribution in [0.15, 0.2) is 4.40 Å². The van der Waals surface area contributed by atoms with Crippen LogP contribution in [-0.2, 0) is 36.7 Å². The summed E-state index contributed by atoms with van der Waals surface area (Å²) in [7, 11) is 0. The fourth-order valence-electron chi connectivity index (χ4n) is 8.32. The Morgan fingerprint density at radius 3 is 1.12 bits per heavy atom. The number of carbonyl (C=O) groups is 3. The maximum absolute atomic E-state index is 13.0. The summed E-state index contributed by atoms with van der Waals surface area (Å²) in [6.07, 6.45) is 48.7. The van der Waals surface area contributed by atoms with E-state index in [0.29, 0.717) is 25.0 Å². The van der Waals surface area contributed by atoms with Crippen molar-refractivity contribution >= 4 is 48.3 Å². The Morgan fingerprint density at radius 1 is 0.469 bits per heavy atom. The lowest BCUT2D eigenvalue weighted by molar-refractivity contribution is -0.220. The summed E-state index contributed by atoms with van der Waals surface area (Å²) in [4.78, 5) is 38.5. The summed E-state index contributed by atoms with van der Waals surface area (Å²) >= 11 is 6.09. The van der Waals surface area contributed by atoms with Gasteiger partial charge in [0.15, 0.2) is 0 Å². The van der Waals surface area contributed by atoms with E-state index in [9.17, 15) is 19.5 Å². The lowest BCUT2D eigenvalue weighted by Crippen LogP contribution is -2.48. The van der Waals surface area contributed by atoms with Gasteiger partial charge in [0, 0.05) is 30.8 Å². The molecule has 0 saturated heterocycles. The third-order valence-electron chi connectivity index (χ3n) is 12.5. The quantitative estimate of drug-likeness (QED) is 0.0211. The van der Waals surface area contributed by atoms with Crippen LogP contribution >= 0.6 is 11.8 Å². The Balaban J connectivity index is 4.68. The van der Waals surface area contributed by atoms with Crippen LogP contribution in [0.2, 0.25) is 0 Å². The van der Waals surface area contributed by atoms with E-state index in [1.807, 2.05) is 0 Å². The molecule has 64 heavy (non-hydrogen) atoms. The molecule has 0 bridgehead atoms. The second-order valence-electron chi connectivity index (χ2n) is 18.9. The fraction of sp³-hybridized carbons (Fsp3) is 0.926. The molecule has 2 atom stereocenters. The van der Waals surface area contributed by atoms with E-state index in [1.54, 1.807) is 0 Å².